The van der Waals surface area contributed by atoms with E-state index in [9.17, 15) is 4.79 Å². The fourth-order valence-electron chi connectivity index (χ4n) is 2.54. The maximum atomic E-state index is 11.3. The van der Waals surface area contributed by atoms with Crippen LogP contribution < -0.4 is 11.2 Å². The number of unbranched alkanes of at least 4 members (excludes halogenated alkanes) is 11. The van der Waals surface area contributed by atoms with Gasteiger partial charge < -0.3 is 11.2 Å². The highest BCUT2D eigenvalue weighted by Crippen LogP contribution is 2.09. The Labute approximate surface area is 143 Å². The fourth-order valence-corrected chi connectivity index (χ4v) is 2.54. The second-order valence-corrected chi connectivity index (χ2v) is 6.18. The minimum absolute atomic E-state index is 0.00294. The lowest BCUT2D eigenvalue weighted by atomic mass is 10.1. The van der Waals surface area contributed by atoms with Crippen molar-refractivity contribution in [1.29, 1.82) is 0 Å². The molecule has 3 N–H and O–H groups in total. The third-order valence-corrected chi connectivity index (χ3v) is 3.97. The van der Waals surface area contributed by atoms with Crippen molar-refractivity contribution in [2.45, 2.75) is 96.8 Å². The molecule has 134 valence electrons. The molecule has 0 saturated carbocycles. The summed E-state index contributed by atoms with van der Waals surface area (Å²) < 4.78 is 0. The number of rotatable bonds is 16. The van der Waals surface area contributed by atoms with Crippen LogP contribution in [0.25, 0.3) is 0 Å². The van der Waals surface area contributed by atoms with Crippen LogP contribution in [0.1, 0.15) is 96.8 Å². The molecule has 4 nitrogen and oxygen atoms in total. The Morgan fingerprint density at radius 3 is 1.96 bits per heavy atom. The molecule has 0 spiro atoms. The summed E-state index contributed by atoms with van der Waals surface area (Å²) in [7, 11) is 0. The van der Waals surface area contributed by atoms with Gasteiger partial charge in [0.25, 0.3) is 0 Å². The summed E-state index contributed by atoms with van der Waals surface area (Å²) >= 11 is 0. The molecule has 0 aromatic heterocycles. The topological polar surface area (TPSA) is 67.5 Å². The van der Waals surface area contributed by atoms with E-state index in [1.165, 1.54) is 77.0 Å². The highest BCUT2D eigenvalue weighted by Gasteiger charge is 1.98. The molecule has 0 rings (SSSR count). The Morgan fingerprint density at radius 1 is 0.870 bits per heavy atom. The minimum Gasteiger partial charge on any atom is -0.322 e. The van der Waals surface area contributed by atoms with Gasteiger partial charge in [0, 0.05) is 6.42 Å². The van der Waals surface area contributed by atoms with Crippen molar-refractivity contribution in [1.82, 2.24) is 5.32 Å². The number of carbonyl (C=O) groups is 1. The van der Waals surface area contributed by atoms with E-state index in [2.05, 4.69) is 29.5 Å². The van der Waals surface area contributed by atoms with Crippen molar-refractivity contribution in [3.8, 4) is 0 Å². The molecular formula is C19H37N3O. The Hall–Kier alpha value is -1.32. The van der Waals surface area contributed by atoms with Gasteiger partial charge in [-0.25, -0.2) is 0 Å². The third kappa shape index (κ3) is 18.6. The number of nitrogens with one attached hydrogen (secondary N) is 1. The quantitative estimate of drug-likeness (QED) is 0.104. The summed E-state index contributed by atoms with van der Waals surface area (Å²) in [6.45, 7) is 2.26. The molecule has 23 heavy (non-hydrogen) atoms. The Kier molecular flexibility index (Phi) is 17.7. The van der Waals surface area contributed by atoms with Crippen molar-refractivity contribution in [3.05, 3.63) is 12.2 Å². The maximum absolute atomic E-state index is 11.3. The van der Waals surface area contributed by atoms with Crippen molar-refractivity contribution >= 4 is 12.2 Å². The van der Waals surface area contributed by atoms with E-state index >= 15 is 0 Å². The summed E-state index contributed by atoms with van der Waals surface area (Å²) in [5.74, 6) is 4.91. The summed E-state index contributed by atoms with van der Waals surface area (Å²) in [6.07, 6.45) is 23.0. The van der Waals surface area contributed by atoms with Gasteiger partial charge in [0.15, 0.2) is 0 Å². The van der Waals surface area contributed by atoms with Gasteiger partial charge in [-0.3, -0.25) is 4.79 Å². The van der Waals surface area contributed by atoms with Gasteiger partial charge in [-0.15, -0.1) is 0 Å². The first-order valence-corrected chi connectivity index (χ1v) is 9.47. The van der Waals surface area contributed by atoms with Crippen LogP contribution in [0.5, 0.6) is 0 Å². The van der Waals surface area contributed by atoms with Crippen LogP contribution in [0.15, 0.2) is 17.3 Å². The molecule has 0 atom stereocenters. The largest absolute Gasteiger partial charge is 0.322 e. The smallest absolute Gasteiger partial charge is 0.225 e. The van der Waals surface area contributed by atoms with Crippen LogP contribution in [-0.2, 0) is 4.79 Å². The number of nitrogens with two attached hydrogens (primary N) is 1. The lowest BCUT2D eigenvalue weighted by Gasteiger charge is -2.00. The molecule has 0 aromatic rings. The molecule has 0 heterocycles. The lowest BCUT2D eigenvalue weighted by molar-refractivity contribution is -0.119. The molecule has 0 aromatic carbocycles. The molecule has 0 bridgehead atoms. The molecule has 0 fully saturated rings. The summed E-state index contributed by atoms with van der Waals surface area (Å²) in [4.78, 5) is 11.3. The second kappa shape index (κ2) is 18.7. The highest BCUT2D eigenvalue weighted by atomic mass is 16.1. The van der Waals surface area contributed by atoms with Crippen LogP contribution in [0.2, 0.25) is 0 Å². The number of hydrogen-bond acceptors (Lipinski definition) is 3. The number of nitrogens with zero attached hydrogens (tertiary/aromatic N) is 1. The zero-order valence-electron chi connectivity index (χ0n) is 15.1. The van der Waals surface area contributed by atoms with Gasteiger partial charge in [-0.05, 0) is 32.1 Å². The first-order chi connectivity index (χ1) is 11.3. The molecule has 0 unspecified atom stereocenters. The van der Waals surface area contributed by atoms with Gasteiger partial charge in [-0.2, -0.15) is 5.10 Å². The molecule has 4 heteroatoms. The van der Waals surface area contributed by atoms with E-state index in [0.29, 0.717) is 6.42 Å². The van der Waals surface area contributed by atoms with Crippen molar-refractivity contribution < 1.29 is 4.79 Å². The van der Waals surface area contributed by atoms with Gasteiger partial charge in [0.05, 0.1) is 0 Å². The van der Waals surface area contributed by atoms with Crippen molar-refractivity contribution in [2.75, 3.05) is 0 Å². The zero-order valence-corrected chi connectivity index (χ0v) is 15.1. The third-order valence-electron chi connectivity index (χ3n) is 3.97. The van der Waals surface area contributed by atoms with Crippen LogP contribution >= 0.6 is 0 Å². The van der Waals surface area contributed by atoms with Crippen LogP contribution in [0.3, 0.4) is 0 Å². The molecule has 0 aliphatic carbocycles. The molecule has 1 amide bonds. The first-order valence-electron chi connectivity index (χ1n) is 9.47. The Balaban J connectivity index is 3.17. The van der Waals surface area contributed by atoms with E-state index in [1.807, 2.05) is 0 Å². The zero-order chi connectivity index (χ0) is 17.0. The Morgan fingerprint density at radius 2 is 1.39 bits per heavy atom. The standard InChI is InChI=1S/C19H37N3O/c1-2-3-4-5-6-7-8-9-10-11-12-13-14-15-16-17-19(23)21-18-22-20/h9-10,18H,2-8,11-17,20H2,1H3,(H,21,22,23). The molecule has 0 aliphatic rings. The summed E-state index contributed by atoms with van der Waals surface area (Å²) in [6, 6.07) is 0. The van der Waals surface area contributed by atoms with Crippen molar-refractivity contribution in [2.24, 2.45) is 10.9 Å². The monoisotopic (exact) mass is 323 g/mol. The van der Waals surface area contributed by atoms with Gasteiger partial charge >= 0.3 is 0 Å². The number of amides is 1. The number of hydrogen-bond donors (Lipinski definition) is 2. The average Bonchev–Trinajstić information content (AvgIpc) is 2.56. The van der Waals surface area contributed by atoms with E-state index in [-0.39, 0.29) is 5.91 Å². The van der Waals surface area contributed by atoms with E-state index in [4.69, 9.17) is 5.84 Å². The van der Waals surface area contributed by atoms with E-state index < -0.39 is 0 Å². The number of allylic oxidation sites excluding steroid dienone is 2. The van der Waals surface area contributed by atoms with Gasteiger partial charge in [0.2, 0.25) is 5.91 Å². The Bertz CT molecular complexity index is 314. The normalized spacial score (nSPS) is 11.5. The maximum Gasteiger partial charge on any atom is 0.225 e. The molecule has 0 saturated heterocycles. The van der Waals surface area contributed by atoms with E-state index in [1.54, 1.807) is 0 Å². The first kappa shape index (κ1) is 21.7. The van der Waals surface area contributed by atoms with Crippen molar-refractivity contribution in [3.63, 3.8) is 0 Å². The van der Waals surface area contributed by atoms with Gasteiger partial charge in [-0.1, -0.05) is 70.4 Å². The number of hydrazone groups is 1. The summed E-state index contributed by atoms with van der Waals surface area (Å²) in [5, 5.41) is 5.75. The molecule has 0 radical (unpaired) electrons. The van der Waals surface area contributed by atoms with Crippen LogP contribution in [0.4, 0.5) is 0 Å². The molecular weight excluding hydrogens is 286 g/mol. The van der Waals surface area contributed by atoms with E-state index in [0.717, 1.165) is 12.8 Å². The second-order valence-electron chi connectivity index (χ2n) is 6.18. The highest BCUT2D eigenvalue weighted by molar-refractivity contribution is 5.87. The predicted octanol–water partition coefficient (Wildman–Crippen LogP) is 5.04. The minimum atomic E-state index is -0.00294. The van der Waals surface area contributed by atoms with Crippen LogP contribution in [0, 0.1) is 0 Å². The summed E-state index contributed by atoms with van der Waals surface area (Å²) in [5.41, 5.74) is 0. The average molecular weight is 324 g/mol. The van der Waals surface area contributed by atoms with Gasteiger partial charge in [0.1, 0.15) is 6.34 Å². The van der Waals surface area contributed by atoms with Crippen LogP contribution in [-0.4, -0.2) is 12.2 Å². The molecule has 0 aliphatic heterocycles. The SMILES string of the molecule is CCCCCCCCC=CCCCCCCCC(=O)NC=NN. The predicted molar refractivity (Wildman–Crippen MR) is 100 cm³/mol. The number of carbonyl (C=O) groups excluding carboxylic acids is 1. The lowest BCUT2D eigenvalue weighted by Crippen LogP contribution is -2.21. The fraction of sp³-hybridized carbons (Fsp3) is 0.789.